The molecule has 1 aliphatic carbocycles. The predicted octanol–water partition coefficient (Wildman–Crippen LogP) is 1.50. The standard InChI is InChI=1S/C28H33N5O7/c1-39-23-8-4-7-19-18(23)13-21(32-19)26(37)31-14-24(35)33-20(12-17-6-5-11-30-25(17)36)22(34)15-40-27(38)28(16-29)9-2-3-10-28/h4,7-8,13,17,20,32H,2-3,5-6,9-12,14-15H2,1H3,(H,30,36)(H,31,37)(H,33,35)/t17-,20-/m0/s1. The van der Waals surface area contributed by atoms with E-state index < -0.39 is 54.1 Å². The highest BCUT2D eigenvalue weighted by atomic mass is 16.5. The summed E-state index contributed by atoms with van der Waals surface area (Å²) in [5, 5.41) is 18.1. The van der Waals surface area contributed by atoms with Gasteiger partial charge in [-0.05, 0) is 50.3 Å². The first kappa shape index (κ1) is 28.6. The molecule has 1 saturated carbocycles. The van der Waals surface area contributed by atoms with Gasteiger partial charge in [-0.3, -0.25) is 24.0 Å². The molecule has 12 nitrogen and oxygen atoms in total. The number of nitriles is 1. The van der Waals surface area contributed by atoms with Crippen LogP contribution < -0.4 is 20.7 Å². The Hall–Kier alpha value is -4.40. The van der Waals surface area contributed by atoms with Gasteiger partial charge in [0.2, 0.25) is 11.8 Å². The van der Waals surface area contributed by atoms with Crippen LogP contribution in [0.5, 0.6) is 5.75 Å². The predicted molar refractivity (Wildman–Crippen MR) is 142 cm³/mol. The SMILES string of the molecule is COc1cccc2[nH]c(C(=O)NCC(=O)N[C@@H](C[C@@H]3CCCNC3=O)C(=O)COC(=O)C3(C#N)CCCC3)cc12. The number of benzene rings is 1. The van der Waals surface area contributed by atoms with Crippen LogP contribution in [0.1, 0.15) is 55.4 Å². The lowest BCUT2D eigenvalue weighted by molar-refractivity contribution is -0.156. The second-order valence-corrected chi connectivity index (χ2v) is 10.2. The van der Waals surface area contributed by atoms with E-state index >= 15 is 0 Å². The van der Waals surface area contributed by atoms with Crippen molar-refractivity contribution >= 4 is 40.4 Å². The van der Waals surface area contributed by atoms with Gasteiger partial charge in [-0.15, -0.1) is 0 Å². The van der Waals surface area contributed by atoms with E-state index in [-0.39, 0.29) is 18.0 Å². The first-order valence-electron chi connectivity index (χ1n) is 13.4. The number of aromatic amines is 1. The molecule has 0 unspecified atom stereocenters. The first-order chi connectivity index (χ1) is 19.3. The molecule has 4 rings (SSSR count). The smallest absolute Gasteiger partial charge is 0.326 e. The number of H-pyrrole nitrogens is 1. The second kappa shape index (κ2) is 12.6. The van der Waals surface area contributed by atoms with Gasteiger partial charge in [-0.25, -0.2) is 0 Å². The summed E-state index contributed by atoms with van der Waals surface area (Å²) in [4.78, 5) is 66.4. The summed E-state index contributed by atoms with van der Waals surface area (Å²) >= 11 is 0. The minimum Gasteiger partial charge on any atom is -0.496 e. The Balaban J connectivity index is 1.38. The van der Waals surface area contributed by atoms with Crippen LogP contribution in [0.2, 0.25) is 0 Å². The molecule has 2 fully saturated rings. The molecule has 3 amide bonds. The summed E-state index contributed by atoms with van der Waals surface area (Å²) in [7, 11) is 1.53. The normalized spacial score (nSPS) is 18.7. The zero-order valence-electron chi connectivity index (χ0n) is 22.3. The number of Topliss-reactive ketones (excluding diaryl/α,β-unsaturated/α-hetero) is 1. The number of carbonyl (C=O) groups excluding carboxylic acids is 5. The van der Waals surface area contributed by atoms with Crippen molar-refractivity contribution in [3.63, 3.8) is 0 Å². The maximum absolute atomic E-state index is 13.1. The van der Waals surface area contributed by atoms with Crippen molar-refractivity contribution in [2.45, 2.75) is 51.0 Å². The number of aromatic nitrogens is 1. The molecule has 2 atom stereocenters. The average molecular weight is 552 g/mol. The molecule has 0 bridgehead atoms. The molecule has 1 aromatic carbocycles. The van der Waals surface area contributed by atoms with Crippen LogP contribution in [-0.2, 0) is 23.9 Å². The van der Waals surface area contributed by atoms with Crippen molar-refractivity contribution in [2.75, 3.05) is 26.8 Å². The summed E-state index contributed by atoms with van der Waals surface area (Å²) in [5.74, 6) is -2.65. The Morgan fingerprint density at radius 2 is 1.98 bits per heavy atom. The van der Waals surface area contributed by atoms with E-state index in [9.17, 15) is 29.2 Å². The number of carbonyl (C=O) groups is 5. The Morgan fingerprint density at radius 1 is 1.20 bits per heavy atom. The van der Waals surface area contributed by atoms with Crippen molar-refractivity contribution in [2.24, 2.45) is 11.3 Å². The molecule has 1 aromatic heterocycles. The lowest BCUT2D eigenvalue weighted by Crippen LogP contribution is -2.49. The fraction of sp³-hybridized carbons (Fsp3) is 0.500. The summed E-state index contributed by atoms with van der Waals surface area (Å²) in [6.07, 6.45) is 3.50. The molecular weight excluding hydrogens is 518 g/mol. The third-order valence-electron chi connectivity index (χ3n) is 7.55. The van der Waals surface area contributed by atoms with Gasteiger partial charge < -0.3 is 30.4 Å². The molecule has 12 heteroatoms. The zero-order valence-corrected chi connectivity index (χ0v) is 22.3. The highest BCUT2D eigenvalue weighted by Crippen LogP contribution is 2.38. The molecule has 2 aromatic rings. The van der Waals surface area contributed by atoms with Crippen molar-refractivity contribution in [1.82, 2.24) is 20.9 Å². The van der Waals surface area contributed by atoms with Crippen LogP contribution in [0, 0.1) is 22.7 Å². The number of amides is 3. The number of rotatable bonds is 11. The fourth-order valence-corrected chi connectivity index (χ4v) is 5.26. The summed E-state index contributed by atoms with van der Waals surface area (Å²) < 4.78 is 10.5. The third kappa shape index (κ3) is 6.42. The molecule has 2 heterocycles. The average Bonchev–Trinajstić information content (AvgIpc) is 3.63. The summed E-state index contributed by atoms with van der Waals surface area (Å²) in [6.45, 7) is -0.520. The highest BCUT2D eigenvalue weighted by Gasteiger charge is 2.43. The molecule has 212 valence electrons. The van der Waals surface area contributed by atoms with Gasteiger partial charge in [0, 0.05) is 23.4 Å². The second-order valence-electron chi connectivity index (χ2n) is 10.2. The van der Waals surface area contributed by atoms with Crippen LogP contribution in [-0.4, -0.2) is 67.3 Å². The van der Waals surface area contributed by atoms with Crippen LogP contribution in [0.3, 0.4) is 0 Å². The van der Waals surface area contributed by atoms with E-state index in [4.69, 9.17) is 9.47 Å². The fourth-order valence-electron chi connectivity index (χ4n) is 5.26. The maximum Gasteiger partial charge on any atom is 0.326 e. The van der Waals surface area contributed by atoms with E-state index in [1.807, 2.05) is 6.07 Å². The number of nitrogens with zero attached hydrogens (tertiary/aromatic N) is 1. The summed E-state index contributed by atoms with van der Waals surface area (Å²) in [5.41, 5.74) is -0.334. The van der Waals surface area contributed by atoms with Gasteiger partial charge in [0.1, 0.15) is 11.4 Å². The molecule has 1 aliphatic heterocycles. The number of hydrogen-bond donors (Lipinski definition) is 4. The molecule has 4 N–H and O–H groups in total. The molecule has 0 spiro atoms. The molecule has 0 radical (unpaired) electrons. The minimum absolute atomic E-state index is 0.0209. The first-order valence-corrected chi connectivity index (χ1v) is 13.4. The highest BCUT2D eigenvalue weighted by molar-refractivity contribution is 6.01. The number of methoxy groups -OCH3 is 1. The van der Waals surface area contributed by atoms with Crippen molar-refractivity contribution in [3.05, 3.63) is 30.0 Å². The largest absolute Gasteiger partial charge is 0.496 e. The Labute approximate surface area is 231 Å². The topological polar surface area (TPSA) is 179 Å². The maximum atomic E-state index is 13.1. The number of ketones is 1. The van der Waals surface area contributed by atoms with Gasteiger partial charge in [0.05, 0.1) is 25.8 Å². The zero-order chi connectivity index (χ0) is 28.7. The van der Waals surface area contributed by atoms with Crippen LogP contribution in [0.15, 0.2) is 24.3 Å². The van der Waals surface area contributed by atoms with Gasteiger partial charge in [-0.1, -0.05) is 18.9 Å². The Kier molecular flexibility index (Phi) is 9.04. The Morgan fingerprint density at radius 3 is 2.67 bits per heavy atom. The van der Waals surface area contributed by atoms with E-state index in [0.29, 0.717) is 42.5 Å². The third-order valence-corrected chi connectivity index (χ3v) is 7.55. The quantitative estimate of drug-likeness (QED) is 0.303. The number of fused-ring (bicyclic) bond motifs is 1. The lowest BCUT2D eigenvalue weighted by atomic mass is 9.88. The van der Waals surface area contributed by atoms with E-state index in [2.05, 4.69) is 20.9 Å². The number of ether oxygens (including phenoxy) is 2. The van der Waals surface area contributed by atoms with Crippen LogP contribution in [0.4, 0.5) is 0 Å². The molecule has 40 heavy (non-hydrogen) atoms. The van der Waals surface area contributed by atoms with Gasteiger partial charge >= 0.3 is 5.97 Å². The van der Waals surface area contributed by atoms with E-state index in [1.165, 1.54) is 7.11 Å². The monoisotopic (exact) mass is 551 g/mol. The van der Waals surface area contributed by atoms with Gasteiger partial charge in [0.15, 0.2) is 17.8 Å². The number of piperidine rings is 1. The molecule has 1 saturated heterocycles. The van der Waals surface area contributed by atoms with Crippen LogP contribution in [0.25, 0.3) is 10.9 Å². The van der Waals surface area contributed by atoms with Gasteiger partial charge in [-0.2, -0.15) is 5.26 Å². The van der Waals surface area contributed by atoms with E-state index in [0.717, 1.165) is 19.3 Å². The molecular formula is C28H33N5O7. The number of nitrogens with one attached hydrogen (secondary N) is 4. The van der Waals surface area contributed by atoms with E-state index in [1.54, 1.807) is 24.3 Å². The van der Waals surface area contributed by atoms with Crippen molar-refractivity contribution < 1.29 is 33.4 Å². The van der Waals surface area contributed by atoms with Crippen molar-refractivity contribution in [1.29, 1.82) is 5.26 Å². The lowest BCUT2D eigenvalue weighted by Gasteiger charge is -2.26. The van der Waals surface area contributed by atoms with Gasteiger partial charge in [0.25, 0.3) is 5.91 Å². The van der Waals surface area contributed by atoms with Crippen LogP contribution >= 0.6 is 0 Å². The minimum atomic E-state index is -1.25. The number of hydrogen-bond acceptors (Lipinski definition) is 8. The van der Waals surface area contributed by atoms with Crippen molar-refractivity contribution in [3.8, 4) is 11.8 Å². The number of esters is 1. The summed E-state index contributed by atoms with van der Waals surface area (Å²) in [6, 6.07) is 7.86. The Bertz CT molecular complexity index is 1340. The molecule has 2 aliphatic rings.